The number of carbonyl (C=O) groups is 1. The minimum absolute atomic E-state index is 0.0757. The largest absolute Gasteiger partial charge is 0.464 e. The minimum atomic E-state index is -0.754. The Morgan fingerprint density at radius 2 is 1.68 bits per heavy atom. The number of rotatable bonds is 5. The molecule has 2 amide bonds. The second-order valence-corrected chi connectivity index (χ2v) is 8.53. The van der Waals surface area contributed by atoms with E-state index in [0.717, 1.165) is 50.2 Å². The Hall–Kier alpha value is -2.83. The predicted octanol–water partition coefficient (Wildman–Crippen LogP) is 4.09. The van der Waals surface area contributed by atoms with Crippen LogP contribution in [0.1, 0.15) is 24.8 Å². The maximum Gasteiger partial charge on any atom is 0.326 e. The molecule has 2 saturated heterocycles. The summed E-state index contributed by atoms with van der Waals surface area (Å²) in [4.78, 5) is 19.2. The molecule has 1 atom stereocenters. The highest BCUT2D eigenvalue weighted by Crippen LogP contribution is 2.28. The van der Waals surface area contributed by atoms with Crippen molar-refractivity contribution in [2.45, 2.75) is 38.0 Å². The third-order valence-corrected chi connectivity index (χ3v) is 6.67. The Morgan fingerprint density at radius 3 is 2.48 bits per heavy atom. The molecule has 0 radical (unpaired) electrons. The second-order valence-electron chi connectivity index (χ2n) is 8.53. The Morgan fingerprint density at radius 1 is 0.935 bits per heavy atom. The van der Waals surface area contributed by atoms with E-state index in [0.29, 0.717) is 13.0 Å². The van der Waals surface area contributed by atoms with Crippen molar-refractivity contribution in [3.05, 3.63) is 66.4 Å². The van der Waals surface area contributed by atoms with Crippen LogP contribution >= 0.6 is 0 Å². The van der Waals surface area contributed by atoms with Crippen LogP contribution in [0.4, 0.5) is 10.5 Å². The molecule has 3 heterocycles. The van der Waals surface area contributed by atoms with Crippen molar-refractivity contribution in [2.24, 2.45) is 0 Å². The van der Waals surface area contributed by atoms with Crippen LogP contribution in [0.2, 0.25) is 0 Å². The van der Waals surface area contributed by atoms with Crippen molar-refractivity contribution >= 4 is 22.7 Å². The number of furan rings is 1. The third-order valence-electron chi connectivity index (χ3n) is 6.67. The van der Waals surface area contributed by atoms with Gasteiger partial charge in [0.1, 0.15) is 11.8 Å². The van der Waals surface area contributed by atoms with Crippen LogP contribution in [0, 0.1) is 0 Å². The summed E-state index contributed by atoms with van der Waals surface area (Å²) >= 11 is 0. The lowest BCUT2D eigenvalue weighted by atomic mass is 10.0. The number of likely N-dealkylation sites (tertiary alicyclic amines) is 1. The van der Waals surface area contributed by atoms with Crippen LogP contribution < -0.4 is 4.90 Å². The van der Waals surface area contributed by atoms with Gasteiger partial charge in [-0.05, 0) is 43.0 Å². The molecular formula is C25H29N3O3. The first-order chi connectivity index (χ1) is 15.2. The van der Waals surface area contributed by atoms with Crippen molar-refractivity contribution in [3.63, 3.8) is 0 Å². The van der Waals surface area contributed by atoms with E-state index in [4.69, 9.17) is 4.42 Å². The van der Waals surface area contributed by atoms with Crippen LogP contribution in [0.25, 0.3) is 11.0 Å². The highest BCUT2D eigenvalue weighted by atomic mass is 16.3. The number of amides is 2. The van der Waals surface area contributed by atoms with Crippen LogP contribution in [0.3, 0.4) is 0 Å². The number of hydrogen-bond donors (Lipinski definition) is 1. The summed E-state index contributed by atoms with van der Waals surface area (Å²) < 4.78 is 5.66. The molecule has 5 rings (SSSR count). The summed E-state index contributed by atoms with van der Waals surface area (Å²) in [5, 5.41) is 11.7. The Kier molecular flexibility index (Phi) is 5.66. The molecule has 0 spiro atoms. The molecular weight excluding hydrogens is 390 g/mol. The molecule has 0 saturated carbocycles. The molecule has 6 nitrogen and oxygen atoms in total. The first-order valence-corrected chi connectivity index (χ1v) is 11.2. The molecule has 1 N–H and O–H groups in total. The summed E-state index contributed by atoms with van der Waals surface area (Å²) in [5.41, 5.74) is 2.97. The van der Waals surface area contributed by atoms with Crippen LogP contribution in [-0.2, 0) is 6.42 Å². The summed E-state index contributed by atoms with van der Waals surface area (Å²) in [6.45, 7) is 3.59. The molecule has 3 aromatic rings. The molecule has 2 aromatic carbocycles. The molecule has 6 heteroatoms. The summed E-state index contributed by atoms with van der Waals surface area (Å²) in [6, 6.07) is 17.8. The van der Waals surface area contributed by atoms with Gasteiger partial charge in [-0.3, -0.25) is 4.90 Å². The fraction of sp³-hybridized carbons (Fsp3) is 0.400. The van der Waals surface area contributed by atoms with Crippen molar-refractivity contribution in [1.29, 1.82) is 0 Å². The second kappa shape index (κ2) is 8.73. The monoisotopic (exact) mass is 419 g/mol. The number of para-hydroxylation sites is 2. The highest BCUT2D eigenvalue weighted by molar-refractivity contribution is 5.93. The van der Waals surface area contributed by atoms with E-state index in [-0.39, 0.29) is 12.1 Å². The van der Waals surface area contributed by atoms with Gasteiger partial charge in [0, 0.05) is 49.7 Å². The lowest BCUT2D eigenvalue weighted by Gasteiger charge is -2.45. The Balaban J connectivity index is 1.18. The van der Waals surface area contributed by atoms with Crippen LogP contribution in [0.15, 0.2) is 65.3 Å². The quantitative estimate of drug-likeness (QED) is 0.677. The summed E-state index contributed by atoms with van der Waals surface area (Å²) in [5.74, 6) is 0. The molecule has 1 unspecified atom stereocenters. The molecule has 31 heavy (non-hydrogen) atoms. The van der Waals surface area contributed by atoms with E-state index >= 15 is 0 Å². The lowest BCUT2D eigenvalue weighted by Crippen LogP contribution is -2.59. The van der Waals surface area contributed by atoms with Gasteiger partial charge in [0.05, 0.1) is 6.26 Å². The normalized spacial score (nSPS) is 21.2. The van der Waals surface area contributed by atoms with Gasteiger partial charge in [0.2, 0.25) is 0 Å². The topological polar surface area (TPSA) is 60.2 Å². The van der Waals surface area contributed by atoms with Gasteiger partial charge < -0.3 is 19.3 Å². The number of anilines is 1. The first kappa shape index (κ1) is 20.1. The molecule has 0 bridgehead atoms. The van der Waals surface area contributed by atoms with Gasteiger partial charge in [-0.15, -0.1) is 0 Å². The van der Waals surface area contributed by atoms with Gasteiger partial charge in [-0.25, -0.2) is 4.79 Å². The van der Waals surface area contributed by atoms with Crippen molar-refractivity contribution in [2.75, 3.05) is 31.1 Å². The van der Waals surface area contributed by atoms with Gasteiger partial charge in [0.15, 0.2) is 0 Å². The first-order valence-electron chi connectivity index (χ1n) is 11.2. The van der Waals surface area contributed by atoms with E-state index in [1.807, 2.05) is 53.6 Å². The number of aliphatic hydroxyl groups is 1. The highest BCUT2D eigenvalue weighted by Gasteiger charge is 2.37. The zero-order valence-corrected chi connectivity index (χ0v) is 17.7. The number of aliphatic hydroxyl groups excluding tert-OH is 1. The van der Waals surface area contributed by atoms with E-state index in [9.17, 15) is 9.90 Å². The molecule has 2 aliphatic heterocycles. The van der Waals surface area contributed by atoms with E-state index in [1.54, 1.807) is 4.90 Å². The number of benzene rings is 2. The Bertz CT molecular complexity index is 1030. The van der Waals surface area contributed by atoms with Crippen LogP contribution in [0.5, 0.6) is 0 Å². The fourth-order valence-corrected chi connectivity index (χ4v) is 4.91. The number of nitrogens with zero attached hydrogens (tertiary/aromatic N) is 3. The maximum absolute atomic E-state index is 13.2. The van der Waals surface area contributed by atoms with Crippen molar-refractivity contribution in [3.8, 4) is 0 Å². The molecule has 1 aromatic heterocycles. The average Bonchev–Trinajstić information content (AvgIpc) is 3.22. The molecule has 162 valence electrons. The lowest BCUT2D eigenvalue weighted by molar-refractivity contribution is 0.0733. The SMILES string of the molecule is O=C1N(C2CCN(CCc3coc4ccccc34)CC2)CCC(O)N1c1ccccc1. The van der Waals surface area contributed by atoms with E-state index in [1.165, 1.54) is 10.9 Å². The van der Waals surface area contributed by atoms with Crippen LogP contribution in [-0.4, -0.2) is 59.4 Å². The van der Waals surface area contributed by atoms with E-state index in [2.05, 4.69) is 17.0 Å². The smallest absolute Gasteiger partial charge is 0.326 e. The van der Waals surface area contributed by atoms with Crippen molar-refractivity contribution < 1.29 is 14.3 Å². The Labute approximate surface area is 182 Å². The molecule has 2 fully saturated rings. The zero-order chi connectivity index (χ0) is 21.2. The van der Waals surface area contributed by atoms with Gasteiger partial charge in [0.25, 0.3) is 0 Å². The predicted molar refractivity (Wildman–Crippen MR) is 121 cm³/mol. The summed E-state index contributed by atoms with van der Waals surface area (Å²) in [7, 11) is 0. The molecule has 2 aliphatic rings. The fourth-order valence-electron chi connectivity index (χ4n) is 4.91. The zero-order valence-electron chi connectivity index (χ0n) is 17.7. The van der Waals surface area contributed by atoms with Crippen molar-refractivity contribution in [1.82, 2.24) is 9.80 Å². The third kappa shape index (κ3) is 4.05. The average molecular weight is 420 g/mol. The number of fused-ring (bicyclic) bond motifs is 1. The number of piperidine rings is 1. The maximum atomic E-state index is 13.2. The number of carbonyl (C=O) groups excluding carboxylic acids is 1. The molecule has 0 aliphatic carbocycles. The summed E-state index contributed by atoms with van der Waals surface area (Å²) in [6.07, 6.45) is 4.61. The van der Waals surface area contributed by atoms with Gasteiger partial charge in [-0.2, -0.15) is 0 Å². The van der Waals surface area contributed by atoms with E-state index < -0.39 is 6.23 Å². The standard InChI is InChI=1S/C25H29N3O3/c29-24-13-17-27(25(30)28(24)21-6-2-1-3-7-21)20-11-15-26(16-12-20)14-10-19-18-31-23-9-5-4-8-22(19)23/h1-9,18,20,24,29H,10-17H2. The minimum Gasteiger partial charge on any atom is -0.464 e. The number of hydrogen-bond acceptors (Lipinski definition) is 4. The van der Waals surface area contributed by atoms with Gasteiger partial charge >= 0.3 is 6.03 Å². The van der Waals surface area contributed by atoms with Gasteiger partial charge in [-0.1, -0.05) is 36.4 Å². The number of urea groups is 1.